The molecule has 0 aliphatic carbocycles. The molecule has 0 saturated carbocycles. The highest BCUT2D eigenvalue weighted by Crippen LogP contribution is 1.64. The van der Waals surface area contributed by atoms with E-state index in [0.29, 0.717) is 6.54 Å². The van der Waals surface area contributed by atoms with E-state index in [0.717, 1.165) is 0 Å². The van der Waals surface area contributed by atoms with Crippen molar-refractivity contribution in [2.45, 2.75) is 0 Å². The van der Waals surface area contributed by atoms with Crippen molar-refractivity contribution < 1.29 is 4.52 Å². The third kappa shape index (κ3) is 6.84. The van der Waals surface area contributed by atoms with E-state index in [9.17, 15) is 0 Å². The molecule has 0 unspecified atom stereocenters. The van der Waals surface area contributed by atoms with Gasteiger partial charge in [0, 0.05) is 11.8 Å². The molecule has 1 aromatic rings. The van der Waals surface area contributed by atoms with Crippen LogP contribution in [0.4, 0.5) is 0 Å². The molecule has 0 amide bonds. The smallest absolute Gasteiger partial charge is 0.144 e. The fourth-order valence-electron chi connectivity index (χ4n) is 0.136. The zero-order valence-electron chi connectivity index (χ0n) is 5.03. The molecule has 0 aliphatic heterocycles. The maximum atomic E-state index is 4.91. The van der Waals surface area contributed by atoms with Crippen molar-refractivity contribution in [3.8, 4) is 0 Å². The lowest BCUT2D eigenvalue weighted by molar-refractivity contribution is 0.393. The second-order valence-electron chi connectivity index (χ2n) is 1.11. The standard InChI is InChI=1S/C3H7N.C2H2N2O/c1-2-3-4;1-2-5-4-3-1/h2H,1,3-4H2;1-2H. The van der Waals surface area contributed by atoms with Crippen molar-refractivity contribution >= 4 is 0 Å². The van der Waals surface area contributed by atoms with E-state index >= 15 is 0 Å². The Morgan fingerprint density at radius 2 is 2.44 bits per heavy atom. The fourth-order valence-corrected chi connectivity index (χ4v) is 0.136. The average molecular weight is 127 g/mol. The molecule has 0 saturated heterocycles. The van der Waals surface area contributed by atoms with Gasteiger partial charge in [-0.05, 0) is 0 Å². The Morgan fingerprint density at radius 3 is 2.56 bits per heavy atom. The summed E-state index contributed by atoms with van der Waals surface area (Å²) >= 11 is 0. The first-order valence-electron chi connectivity index (χ1n) is 2.43. The molecule has 0 atom stereocenters. The predicted octanol–water partition coefficient (Wildman–Crippen LogP) is 0.201. The third-order valence-corrected chi connectivity index (χ3v) is 0.449. The molecule has 0 aliphatic rings. The molecule has 1 aromatic heterocycles. The minimum absolute atomic E-state index is 0.583. The van der Waals surface area contributed by atoms with Crippen LogP contribution in [0, 0.1) is 0 Å². The van der Waals surface area contributed by atoms with Crippen molar-refractivity contribution in [3.63, 3.8) is 0 Å². The van der Waals surface area contributed by atoms with Gasteiger partial charge < -0.3 is 10.3 Å². The minimum Gasteiger partial charge on any atom is -0.346 e. The SMILES string of the molecule is C=CCN.c1conn1. The molecule has 4 nitrogen and oxygen atoms in total. The van der Waals surface area contributed by atoms with Crippen LogP contribution in [0.2, 0.25) is 0 Å². The second kappa shape index (κ2) is 6.84. The topological polar surface area (TPSA) is 64.9 Å². The van der Waals surface area contributed by atoms with Crippen LogP contribution in [-0.2, 0) is 0 Å². The number of nitrogens with zero attached hydrogens (tertiary/aromatic N) is 2. The first-order chi connectivity index (χ1) is 4.41. The van der Waals surface area contributed by atoms with Crippen LogP contribution in [0.1, 0.15) is 0 Å². The fraction of sp³-hybridized carbons (Fsp3) is 0.200. The Morgan fingerprint density at radius 1 is 1.78 bits per heavy atom. The van der Waals surface area contributed by atoms with E-state index in [1.165, 1.54) is 12.5 Å². The quantitative estimate of drug-likeness (QED) is 0.547. The van der Waals surface area contributed by atoms with Crippen LogP contribution in [0.3, 0.4) is 0 Å². The van der Waals surface area contributed by atoms with Crippen LogP contribution >= 0.6 is 0 Å². The molecule has 9 heavy (non-hydrogen) atoms. The maximum absolute atomic E-state index is 4.91. The summed E-state index contributed by atoms with van der Waals surface area (Å²) < 4.78 is 4.22. The third-order valence-electron chi connectivity index (χ3n) is 0.449. The van der Waals surface area contributed by atoms with Gasteiger partial charge in [-0.2, -0.15) is 0 Å². The van der Waals surface area contributed by atoms with E-state index in [2.05, 4.69) is 21.5 Å². The lowest BCUT2D eigenvalue weighted by Crippen LogP contribution is -1.90. The summed E-state index contributed by atoms with van der Waals surface area (Å²) in [6.07, 6.45) is 4.53. The van der Waals surface area contributed by atoms with E-state index in [4.69, 9.17) is 5.73 Å². The van der Waals surface area contributed by atoms with Crippen LogP contribution < -0.4 is 5.73 Å². The van der Waals surface area contributed by atoms with Gasteiger partial charge in [0.25, 0.3) is 0 Å². The second-order valence-corrected chi connectivity index (χ2v) is 1.11. The first-order valence-corrected chi connectivity index (χ1v) is 2.43. The molecule has 0 bridgehead atoms. The van der Waals surface area contributed by atoms with Crippen LogP contribution in [0.25, 0.3) is 0 Å². The summed E-state index contributed by atoms with van der Waals surface area (Å²) in [5.41, 5.74) is 4.91. The number of rotatable bonds is 1. The van der Waals surface area contributed by atoms with Crippen molar-refractivity contribution in [2.24, 2.45) is 5.73 Å². The summed E-state index contributed by atoms with van der Waals surface area (Å²) in [4.78, 5) is 0. The highest BCUT2D eigenvalue weighted by Gasteiger charge is 1.61. The van der Waals surface area contributed by atoms with Gasteiger partial charge >= 0.3 is 0 Å². The van der Waals surface area contributed by atoms with Gasteiger partial charge in [-0.3, -0.25) is 0 Å². The van der Waals surface area contributed by atoms with Crippen LogP contribution in [0.15, 0.2) is 29.6 Å². The Labute approximate surface area is 53.3 Å². The van der Waals surface area contributed by atoms with E-state index in [1.807, 2.05) is 0 Å². The van der Waals surface area contributed by atoms with Gasteiger partial charge in [-0.15, -0.1) is 11.7 Å². The number of hydrogen-bond acceptors (Lipinski definition) is 4. The largest absolute Gasteiger partial charge is 0.346 e. The number of nitrogens with two attached hydrogens (primary N) is 1. The molecule has 0 radical (unpaired) electrons. The summed E-state index contributed by atoms with van der Waals surface area (Å²) in [7, 11) is 0. The van der Waals surface area contributed by atoms with Gasteiger partial charge in [-0.25, -0.2) is 0 Å². The predicted molar refractivity (Wildman–Crippen MR) is 33.5 cm³/mol. The van der Waals surface area contributed by atoms with Gasteiger partial charge in [-0.1, -0.05) is 6.08 Å². The zero-order chi connectivity index (χ0) is 6.95. The lowest BCUT2D eigenvalue weighted by Gasteiger charge is -1.61. The normalized spacial score (nSPS) is 7.22. The van der Waals surface area contributed by atoms with Crippen molar-refractivity contribution in [2.75, 3.05) is 6.54 Å². The Balaban J connectivity index is 0.000000148. The van der Waals surface area contributed by atoms with Gasteiger partial charge in [0.05, 0.1) is 6.20 Å². The molecule has 1 rings (SSSR count). The highest BCUT2D eigenvalue weighted by molar-refractivity contribution is 4.64. The summed E-state index contributed by atoms with van der Waals surface area (Å²) in [6, 6.07) is 0. The van der Waals surface area contributed by atoms with Gasteiger partial charge in [0.1, 0.15) is 6.26 Å². The average Bonchev–Trinajstić information content (AvgIpc) is 2.43. The Kier molecular flexibility index (Phi) is 5.96. The van der Waals surface area contributed by atoms with Crippen LogP contribution in [-0.4, -0.2) is 16.9 Å². The summed E-state index contributed by atoms with van der Waals surface area (Å²) in [6.45, 7) is 3.94. The van der Waals surface area contributed by atoms with Crippen molar-refractivity contribution in [1.29, 1.82) is 0 Å². The molecular formula is C5H9N3O. The first kappa shape index (κ1) is 7.84. The van der Waals surface area contributed by atoms with Crippen molar-refractivity contribution in [3.05, 3.63) is 25.1 Å². The van der Waals surface area contributed by atoms with E-state index < -0.39 is 0 Å². The van der Waals surface area contributed by atoms with Gasteiger partial charge in [0.2, 0.25) is 0 Å². The molecule has 0 fully saturated rings. The molecule has 50 valence electrons. The molecule has 0 aromatic carbocycles. The van der Waals surface area contributed by atoms with E-state index in [-0.39, 0.29) is 0 Å². The monoisotopic (exact) mass is 127 g/mol. The lowest BCUT2D eigenvalue weighted by atomic mass is 10.7. The van der Waals surface area contributed by atoms with Crippen molar-refractivity contribution in [1.82, 2.24) is 10.4 Å². The molecule has 2 N–H and O–H groups in total. The molecule has 0 spiro atoms. The molecule has 4 heteroatoms. The minimum atomic E-state index is 0.583. The highest BCUT2D eigenvalue weighted by atomic mass is 16.5. The summed E-state index contributed by atoms with van der Waals surface area (Å²) in [5, 5.41) is 6.40. The number of aromatic nitrogens is 2. The van der Waals surface area contributed by atoms with E-state index in [1.54, 1.807) is 6.08 Å². The molecular weight excluding hydrogens is 118 g/mol. The zero-order valence-corrected chi connectivity index (χ0v) is 5.03. The van der Waals surface area contributed by atoms with Gasteiger partial charge in [0.15, 0.2) is 0 Å². The maximum Gasteiger partial charge on any atom is 0.144 e. The van der Waals surface area contributed by atoms with Crippen LogP contribution in [0.5, 0.6) is 0 Å². The summed E-state index contributed by atoms with van der Waals surface area (Å²) in [5.74, 6) is 0. The molecule has 1 heterocycles. The number of hydrogen-bond donors (Lipinski definition) is 1. The Bertz CT molecular complexity index is 110. The Hall–Kier alpha value is -1.16.